The maximum atomic E-state index is 11.9. The third kappa shape index (κ3) is 3.41. The Morgan fingerprint density at radius 1 is 1.41 bits per heavy atom. The van der Waals surface area contributed by atoms with Crippen LogP contribution in [0.4, 0.5) is 0 Å². The Kier molecular flexibility index (Phi) is 4.42. The van der Waals surface area contributed by atoms with E-state index in [9.17, 15) is 4.79 Å². The first kappa shape index (κ1) is 13.3. The van der Waals surface area contributed by atoms with E-state index in [2.05, 4.69) is 57.0 Å². The molecule has 0 saturated heterocycles. The van der Waals surface area contributed by atoms with Gasteiger partial charge in [0.1, 0.15) is 5.78 Å². The van der Waals surface area contributed by atoms with Crippen LogP contribution in [0.15, 0.2) is 22.7 Å². The Morgan fingerprint density at radius 3 is 2.71 bits per heavy atom. The second-order valence-electron chi connectivity index (χ2n) is 4.61. The fourth-order valence-electron chi connectivity index (χ4n) is 2.04. The summed E-state index contributed by atoms with van der Waals surface area (Å²) in [6.45, 7) is 2.15. The molecule has 1 unspecified atom stereocenters. The number of hydrogen-bond acceptors (Lipinski definition) is 1. The Labute approximate surface area is 119 Å². The number of halogens is 2. The Bertz CT molecular complexity index is 424. The van der Waals surface area contributed by atoms with Gasteiger partial charge in [0.25, 0.3) is 0 Å². The van der Waals surface area contributed by atoms with Crippen molar-refractivity contribution in [3.8, 4) is 0 Å². The van der Waals surface area contributed by atoms with Crippen LogP contribution in [-0.2, 0) is 17.6 Å². The summed E-state index contributed by atoms with van der Waals surface area (Å²) in [5, 5.41) is 0. The van der Waals surface area contributed by atoms with Gasteiger partial charge in [0, 0.05) is 10.4 Å². The predicted octanol–water partition coefficient (Wildman–Crippen LogP) is 4.30. The van der Waals surface area contributed by atoms with Crippen molar-refractivity contribution in [3.05, 3.63) is 33.8 Å². The minimum Gasteiger partial charge on any atom is -0.298 e. The van der Waals surface area contributed by atoms with Crippen molar-refractivity contribution in [2.75, 3.05) is 0 Å². The molecule has 17 heavy (non-hydrogen) atoms. The molecule has 1 aromatic rings. The second kappa shape index (κ2) is 5.66. The lowest BCUT2D eigenvalue weighted by Crippen LogP contribution is -2.19. The van der Waals surface area contributed by atoms with Gasteiger partial charge >= 0.3 is 0 Å². The molecule has 1 fully saturated rings. The summed E-state index contributed by atoms with van der Waals surface area (Å²) in [4.78, 5) is 11.9. The van der Waals surface area contributed by atoms with E-state index in [-0.39, 0.29) is 4.83 Å². The summed E-state index contributed by atoms with van der Waals surface area (Å²) in [6.07, 6.45) is 3.99. The Morgan fingerprint density at radius 2 is 2.12 bits per heavy atom. The molecule has 0 spiro atoms. The molecular formula is C14H16Br2O. The molecule has 1 aliphatic rings. The number of rotatable bonds is 5. The van der Waals surface area contributed by atoms with Crippen LogP contribution in [-0.4, -0.2) is 10.6 Å². The maximum Gasteiger partial charge on any atom is 0.149 e. The van der Waals surface area contributed by atoms with Gasteiger partial charge in [0.2, 0.25) is 0 Å². The number of ketones is 1. The van der Waals surface area contributed by atoms with Crippen LogP contribution in [0.25, 0.3) is 0 Å². The van der Waals surface area contributed by atoms with Gasteiger partial charge in [-0.3, -0.25) is 4.79 Å². The summed E-state index contributed by atoms with van der Waals surface area (Å²) < 4.78 is 1.11. The quantitative estimate of drug-likeness (QED) is 0.716. The SMILES string of the molecule is CCc1cc(Br)ccc1CC(Br)C(=O)C1CC1. The van der Waals surface area contributed by atoms with E-state index in [1.165, 1.54) is 11.1 Å². The zero-order valence-electron chi connectivity index (χ0n) is 9.88. The van der Waals surface area contributed by atoms with Crippen molar-refractivity contribution >= 4 is 37.6 Å². The van der Waals surface area contributed by atoms with E-state index in [0.717, 1.165) is 30.2 Å². The zero-order valence-corrected chi connectivity index (χ0v) is 13.1. The average Bonchev–Trinajstić information content (AvgIpc) is 3.14. The number of carbonyl (C=O) groups excluding carboxylic acids is 1. The molecule has 1 nitrogen and oxygen atoms in total. The van der Waals surface area contributed by atoms with E-state index >= 15 is 0 Å². The number of hydrogen-bond donors (Lipinski definition) is 0. The minimum atomic E-state index is -0.0125. The molecule has 1 saturated carbocycles. The third-order valence-corrected chi connectivity index (χ3v) is 4.51. The average molecular weight is 360 g/mol. The summed E-state index contributed by atoms with van der Waals surface area (Å²) in [5.41, 5.74) is 2.61. The topological polar surface area (TPSA) is 17.1 Å². The minimum absolute atomic E-state index is 0.0125. The first-order chi connectivity index (χ1) is 8.11. The van der Waals surface area contributed by atoms with Gasteiger partial charge in [0.15, 0.2) is 0 Å². The van der Waals surface area contributed by atoms with Gasteiger partial charge in [-0.1, -0.05) is 44.8 Å². The lowest BCUT2D eigenvalue weighted by molar-refractivity contribution is -0.119. The molecule has 0 amide bonds. The van der Waals surface area contributed by atoms with Crippen molar-refractivity contribution in [3.63, 3.8) is 0 Å². The van der Waals surface area contributed by atoms with Crippen LogP contribution in [0.1, 0.15) is 30.9 Å². The first-order valence-electron chi connectivity index (χ1n) is 6.07. The van der Waals surface area contributed by atoms with Crippen LogP contribution in [0, 0.1) is 5.92 Å². The lowest BCUT2D eigenvalue weighted by Gasteiger charge is -2.12. The zero-order chi connectivity index (χ0) is 12.4. The van der Waals surface area contributed by atoms with Gasteiger partial charge in [-0.15, -0.1) is 0 Å². The van der Waals surface area contributed by atoms with Crippen molar-refractivity contribution in [1.29, 1.82) is 0 Å². The van der Waals surface area contributed by atoms with Crippen molar-refractivity contribution in [1.82, 2.24) is 0 Å². The van der Waals surface area contributed by atoms with Crippen LogP contribution in [0.2, 0.25) is 0 Å². The Hall–Kier alpha value is -0.150. The molecule has 1 aliphatic carbocycles. The molecule has 0 heterocycles. The van der Waals surface area contributed by atoms with E-state index in [1.54, 1.807) is 0 Å². The number of alkyl halides is 1. The summed E-state index contributed by atoms with van der Waals surface area (Å²) in [7, 11) is 0. The first-order valence-corrected chi connectivity index (χ1v) is 7.77. The number of aryl methyl sites for hydroxylation is 1. The summed E-state index contributed by atoms with van der Waals surface area (Å²) in [5.74, 6) is 0.717. The van der Waals surface area contributed by atoms with Gasteiger partial charge in [0.05, 0.1) is 4.83 Å². The van der Waals surface area contributed by atoms with Crippen LogP contribution in [0.3, 0.4) is 0 Å². The third-order valence-electron chi connectivity index (χ3n) is 3.24. The van der Waals surface area contributed by atoms with E-state index in [0.29, 0.717) is 11.7 Å². The molecule has 0 aromatic heterocycles. The van der Waals surface area contributed by atoms with Crippen LogP contribution < -0.4 is 0 Å². The summed E-state index contributed by atoms with van der Waals surface area (Å²) >= 11 is 7.03. The normalized spacial score (nSPS) is 16.9. The highest BCUT2D eigenvalue weighted by Gasteiger charge is 2.33. The molecular weight excluding hydrogens is 344 g/mol. The smallest absolute Gasteiger partial charge is 0.149 e. The molecule has 2 rings (SSSR count). The number of Topliss-reactive ketones (excluding diaryl/α,β-unsaturated/α-hetero) is 1. The van der Waals surface area contributed by atoms with Gasteiger partial charge in [-0.05, 0) is 48.9 Å². The largest absolute Gasteiger partial charge is 0.298 e. The summed E-state index contributed by atoms with van der Waals surface area (Å²) in [6, 6.07) is 6.32. The lowest BCUT2D eigenvalue weighted by atomic mass is 9.99. The van der Waals surface area contributed by atoms with Crippen LogP contribution in [0.5, 0.6) is 0 Å². The molecule has 3 heteroatoms. The fraction of sp³-hybridized carbons (Fsp3) is 0.500. The second-order valence-corrected chi connectivity index (χ2v) is 6.64. The fourth-order valence-corrected chi connectivity index (χ4v) is 3.17. The Balaban J connectivity index is 2.09. The predicted molar refractivity (Wildman–Crippen MR) is 77.7 cm³/mol. The standard InChI is InChI=1S/C14H16Br2O/c1-2-9-7-12(15)6-5-11(9)8-13(16)14(17)10-3-4-10/h5-7,10,13H,2-4,8H2,1H3. The van der Waals surface area contributed by atoms with Gasteiger partial charge in [-0.25, -0.2) is 0 Å². The van der Waals surface area contributed by atoms with Crippen molar-refractivity contribution in [2.24, 2.45) is 5.92 Å². The van der Waals surface area contributed by atoms with Crippen LogP contribution >= 0.6 is 31.9 Å². The van der Waals surface area contributed by atoms with E-state index < -0.39 is 0 Å². The van der Waals surface area contributed by atoms with Gasteiger partial charge in [-0.2, -0.15) is 0 Å². The van der Waals surface area contributed by atoms with Crippen molar-refractivity contribution < 1.29 is 4.79 Å². The monoisotopic (exact) mass is 358 g/mol. The molecule has 0 bridgehead atoms. The highest BCUT2D eigenvalue weighted by Crippen LogP contribution is 2.33. The van der Waals surface area contributed by atoms with Crippen molar-refractivity contribution in [2.45, 2.75) is 37.4 Å². The molecule has 1 atom stereocenters. The maximum absolute atomic E-state index is 11.9. The highest BCUT2D eigenvalue weighted by atomic mass is 79.9. The van der Waals surface area contributed by atoms with E-state index in [4.69, 9.17) is 0 Å². The molecule has 0 aliphatic heterocycles. The van der Waals surface area contributed by atoms with E-state index in [1.807, 2.05) is 0 Å². The highest BCUT2D eigenvalue weighted by molar-refractivity contribution is 9.10. The molecule has 1 aromatic carbocycles. The number of benzene rings is 1. The number of carbonyl (C=O) groups is 1. The molecule has 0 N–H and O–H groups in total. The molecule has 0 radical (unpaired) electrons. The van der Waals surface area contributed by atoms with Gasteiger partial charge < -0.3 is 0 Å². The molecule has 92 valence electrons.